The maximum Gasteiger partial charge on any atom is 0.179 e. The molecule has 0 spiro atoms. The Morgan fingerprint density at radius 2 is 0.562 bits per heavy atom. The van der Waals surface area contributed by atoms with Crippen LogP contribution in [0.25, 0.3) is 33.4 Å². The molecular weight excluding hydrogens is 787 g/mol. The molecule has 310 valence electrons. The summed E-state index contributed by atoms with van der Waals surface area (Å²) in [5, 5.41) is 5.56. The summed E-state index contributed by atoms with van der Waals surface area (Å²) in [5.41, 5.74) is 18.0. The number of fused-ring (bicyclic) bond motifs is 2. The third-order valence-corrected chi connectivity index (χ3v) is 18.8. The van der Waals surface area contributed by atoms with E-state index in [0.717, 1.165) is 25.7 Å². The second-order valence-electron chi connectivity index (χ2n) is 17.6. The minimum Gasteiger partial charge on any atom is -0.310 e. The van der Waals surface area contributed by atoms with E-state index in [1.807, 2.05) is 0 Å². The average Bonchev–Trinajstić information content (AvgIpc) is 3.38. The highest BCUT2D eigenvalue weighted by atomic mass is 28.3. The molecule has 0 aromatic heterocycles. The van der Waals surface area contributed by atoms with Crippen molar-refractivity contribution in [1.82, 2.24) is 0 Å². The van der Waals surface area contributed by atoms with Crippen LogP contribution in [0, 0.1) is 0 Å². The van der Waals surface area contributed by atoms with Crippen LogP contribution < -0.4 is 25.6 Å². The van der Waals surface area contributed by atoms with E-state index in [9.17, 15) is 0 Å². The molecule has 0 amide bonds. The SMILES string of the molecule is c1ccc(-c2ccc(N(c3ccc(-c4ccc([Si](c5ccccc5)(c5ccccc5)c5ccccc5)cc4)cc3)c3c4c(c(-c5ccccc5)c5c3CCCC5)CCCC4)cc2)cc1. The highest BCUT2D eigenvalue weighted by molar-refractivity contribution is 7.19. The van der Waals surface area contributed by atoms with Gasteiger partial charge in [0.2, 0.25) is 0 Å². The monoisotopic (exact) mass is 839 g/mol. The molecule has 9 aromatic rings. The number of hydrogen-bond donors (Lipinski definition) is 0. The zero-order chi connectivity index (χ0) is 42.7. The zero-order valence-electron chi connectivity index (χ0n) is 36.5. The van der Waals surface area contributed by atoms with Crippen LogP contribution in [-0.2, 0) is 25.7 Å². The smallest absolute Gasteiger partial charge is 0.179 e. The van der Waals surface area contributed by atoms with E-state index in [-0.39, 0.29) is 0 Å². The Morgan fingerprint density at radius 3 is 0.953 bits per heavy atom. The van der Waals surface area contributed by atoms with Gasteiger partial charge in [-0.1, -0.05) is 200 Å². The summed E-state index contributed by atoms with van der Waals surface area (Å²) in [6.45, 7) is 0. The Hall–Kier alpha value is -7.00. The first-order valence-corrected chi connectivity index (χ1v) is 25.4. The maximum absolute atomic E-state index is 2.63. The molecule has 0 N–H and O–H groups in total. The molecule has 0 fully saturated rings. The van der Waals surface area contributed by atoms with E-state index in [1.165, 1.54) is 96.9 Å². The number of rotatable bonds is 10. The Balaban J connectivity index is 1.04. The molecular formula is C62H53NSi. The first-order chi connectivity index (χ1) is 31.8. The van der Waals surface area contributed by atoms with Gasteiger partial charge in [-0.3, -0.25) is 0 Å². The Kier molecular flexibility index (Phi) is 11.0. The van der Waals surface area contributed by atoms with E-state index in [2.05, 4.69) is 229 Å². The lowest BCUT2D eigenvalue weighted by molar-refractivity contribution is 0.661. The molecule has 1 nitrogen and oxygen atoms in total. The Bertz CT molecular complexity index is 2850. The van der Waals surface area contributed by atoms with Crippen molar-refractivity contribution in [2.24, 2.45) is 0 Å². The number of nitrogens with zero attached hydrogens (tertiary/aromatic N) is 1. The van der Waals surface area contributed by atoms with Gasteiger partial charge in [-0.05, 0) is 152 Å². The first kappa shape index (κ1) is 39.8. The van der Waals surface area contributed by atoms with Gasteiger partial charge < -0.3 is 4.90 Å². The highest BCUT2D eigenvalue weighted by Gasteiger charge is 2.41. The van der Waals surface area contributed by atoms with Crippen molar-refractivity contribution >= 4 is 45.9 Å². The second-order valence-corrected chi connectivity index (χ2v) is 21.4. The van der Waals surface area contributed by atoms with Crippen LogP contribution in [0.2, 0.25) is 0 Å². The van der Waals surface area contributed by atoms with E-state index in [1.54, 1.807) is 22.3 Å². The van der Waals surface area contributed by atoms with Crippen molar-refractivity contribution < 1.29 is 0 Å². The van der Waals surface area contributed by atoms with Gasteiger partial charge in [0.05, 0.1) is 5.69 Å². The van der Waals surface area contributed by atoms with Crippen LogP contribution in [-0.4, -0.2) is 8.07 Å². The quantitative estimate of drug-likeness (QED) is 0.0979. The van der Waals surface area contributed by atoms with Gasteiger partial charge in [-0.15, -0.1) is 0 Å². The summed E-state index contributed by atoms with van der Waals surface area (Å²) in [7, 11) is -2.61. The van der Waals surface area contributed by atoms with E-state index in [0.29, 0.717) is 0 Å². The van der Waals surface area contributed by atoms with Gasteiger partial charge in [0.15, 0.2) is 8.07 Å². The molecule has 0 atom stereocenters. The maximum atomic E-state index is 2.63. The van der Waals surface area contributed by atoms with E-state index in [4.69, 9.17) is 0 Å². The van der Waals surface area contributed by atoms with Crippen molar-refractivity contribution in [1.29, 1.82) is 0 Å². The molecule has 2 heteroatoms. The van der Waals surface area contributed by atoms with Gasteiger partial charge in [0, 0.05) is 11.4 Å². The lowest BCUT2D eigenvalue weighted by Gasteiger charge is -2.37. The molecule has 0 aliphatic heterocycles. The summed E-state index contributed by atoms with van der Waals surface area (Å²) in [6, 6.07) is 84.0. The normalized spacial score (nSPS) is 13.4. The van der Waals surface area contributed by atoms with Gasteiger partial charge in [0.25, 0.3) is 0 Å². The van der Waals surface area contributed by atoms with Crippen molar-refractivity contribution in [3.05, 3.63) is 247 Å². The summed E-state index contributed by atoms with van der Waals surface area (Å²) in [5.74, 6) is 0. The number of anilines is 3. The van der Waals surface area contributed by atoms with Gasteiger partial charge in [-0.2, -0.15) is 0 Å². The molecule has 0 unspecified atom stereocenters. The summed E-state index contributed by atoms with van der Waals surface area (Å²) >= 11 is 0. The fourth-order valence-electron chi connectivity index (χ4n) is 11.1. The average molecular weight is 840 g/mol. The minimum absolute atomic E-state index is 1.11. The van der Waals surface area contributed by atoms with Crippen LogP contribution in [0.3, 0.4) is 0 Å². The minimum atomic E-state index is -2.61. The molecule has 0 bridgehead atoms. The summed E-state index contributed by atoms with van der Waals surface area (Å²) in [4.78, 5) is 2.63. The Labute approximate surface area is 380 Å². The van der Waals surface area contributed by atoms with Crippen LogP contribution in [0.15, 0.2) is 224 Å². The van der Waals surface area contributed by atoms with Gasteiger partial charge >= 0.3 is 0 Å². The van der Waals surface area contributed by atoms with Crippen molar-refractivity contribution in [2.45, 2.75) is 51.4 Å². The standard InChI is InChI=1S/C62H53NSi/c1-6-20-46(21-7-1)47-34-40-51(41-35-47)63(62-59-32-18-16-30-57(59)61(50-22-8-2-9-23-50)58-31-17-19-33-60(58)62)52-42-36-48(37-43-52)49-38-44-56(45-39-49)64(53-24-10-3-11-25-53,54-26-12-4-13-27-54)55-28-14-5-15-29-55/h1-15,20-29,34-45H,16-19,30-33H2. The van der Waals surface area contributed by atoms with E-state index < -0.39 is 8.07 Å². The molecule has 2 aliphatic carbocycles. The van der Waals surface area contributed by atoms with Gasteiger partial charge in [0.1, 0.15) is 0 Å². The van der Waals surface area contributed by atoms with Crippen LogP contribution >= 0.6 is 0 Å². The molecule has 64 heavy (non-hydrogen) atoms. The fourth-order valence-corrected chi connectivity index (χ4v) is 15.8. The Morgan fingerprint density at radius 1 is 0.266 bits per heavy atom. The summed E-state index contributed by atoms with van der Waals surface area (Å²) < 4.78 is 0. The first-order valence-electron chi connectivity index (χ1n) is 23.4. The number of benzene rings is 9. The predicted molar refractivity (Wildman–Crippen MR) is 274 cm³/mol. The molecule has 9 aromatic carbocycles. The summed E-state index contributed by atoms with van der Waals surface area (Å²) in [6.07, 6.45) is 9.45. The second kappa shape index (κ2) is 17.6. The van der Waals surface area contributed by atoms with E-state index >= 15 is 0 Å². The van der Waals surface area contributed by atoms with Crippen LogP contribution in [0.4, 0.5) is 17.1 Å². The molecule has 0 saturated carbocycles. The molecule has 0 saturated heterocycles. The zero-order valence-corrected chi connectivity index (χ0v) is 37.5. The molecule has 11 rings (SSSR count). The predicted octanol–water partition coefficient (Wildman–Crippen LogP) is 13.3. The fraction of sp³-hybridized carbons (Fsp3) is 0.129. The van der Waals surface area contributed by atoms with Gasteiger partial charge in [-0.25, -0.2) is 0 Å². The molecule has 2 aliphatic rings. The number of hydrogen-bond acceptors (Lipinski definition) is 1. The lowest BCUT2D eigenvalue weighted by Crippen LogP contribution is -2.74. The van der Waals surface area contributed by atoms with Crippen molar-refractivity contribution in [3.8, 4) is 33.4 Å². The van der Waals surface area contributed by atoms with Crippen LogP contribution in [0.1, 0.15) is 47.9 Å². The van der Waals surface area contributed by atoms with Crippen molar-refractivity contribution in [2.75, 3.05) is 4.90 Å². The van der Waals surface area contributed by atoms with Crippen molar-refractivity contribution in [3.63, 3.8) is 0 Å². The highest BCUT2D eigenvalue weighted by Crippen LogP contribution is 2.50. The third-order valence-electron chi connectivity index (χ3n) is 14.0. The molecule has 0 radical (unpaired) electrons. The topological polar surface area (TPSA) is 3.24 Å². The van der Waals surface area contributed by atoms with Crippen LogP contribution in [0.5, 0.6) is 0 Å². The lowest BCUT2D eigenvalue weighted by atomic mass is 9.75. The third kappa shape index (κ3) is 7.22. The largest absolute Gasteiger partial charge is 0.310 e. The molecule has 0 heterocycles.